The third-order valence-corrected chi connectivity index (χ3v) is 7.01. The summed E-state index contributed by atoms with van der Waals surface area (Å²) in [5.74, 6) is 0. The third kappa shape index (κ3) is 2.33. The molecule has 0 amide bonds. The summed E-state index contributed by atoms with van der Waals surface area (Å²) < 4.78 is 3.72. The molecule has 1 nitrogen and oxygen atoms in total. The van der Waals surface area contributed by atoms with Crippen LogP contribution in [0.1, 0.15) is 0 Å². The number of hydrogen-bond acceptors (Lipinski definition) is 2. The molecule has 2 heterocycles. The Morgan fingerprint density at radius 1 is 0.679 bits per heavy atom. The summed E-state index contributed by atoms with van der Waals surface area (Å²) in [6.45, 7) is 0. The van der Waals surface area contributed by atoms with Gasteiger partial charge in [-0.1, -0.05) is 82.7 Å². The van der Waals surface area contributed by atoms with Gasteiger partial charge >= 0.3 is 0 Å². The fourth-order valence-electron chi connectivity index (χ4n) is 4.06. The van der Waals surface area contributed by atoms with E-state index in [0.29, 0.717) is 0 Å². The summed E-state index contributed by atoms with van der Waals surface area (Å²) >= 11 is 5.49. The lowest BCUT2D eigenvalue weighted by Gasteiger charge is -2.11. The van der Waals surface area contributed by atoms with Crippen LogP contribution in [-0.4, -0.2) is 4.98 Å². The van der Waals surface area contributed by atoms with Crippen molar-refractivity contribution in [1.29, 1.82) is 0 Å². The summed E-state index contributed by atoms with van der Waals surface area (Å²) in [7, 11) is 0. The van der Waals surface area contributed by atoms with Crippen molar-refractivity contribution in [3.8, 4) is 11.3 Å². The van der Waals surface area contributed by atoms with Crippen molar-refractivity contribution >= 4 is 69.1 Å². The Balaban J connectivity index is 1.88. The zero-order valence-electron chi connectivity index (χ0n) is 14.8. The van der Waals surface area contributed by atoms with E-state index in [0.717, 1.165) is 21.2 Å². The minimum Gasteiger partial charge on any atom is -0.247 e. The van der Waals surface area contributed by atoms with E-state index in [9.17, 15) is 0 Å². The van der Waals surface area contributed by atoms with Crippen LogP contribution < -0.4 is 0 Å². The van der Waals surface area contributed by atoms with Crippen molar-refractivity contribution in [2.24, 2.45) is 0 Å². The Morgan fingerprint density at radius 2 is 1.43 bits per heavy atom. The lowest BCUT2D eigenvalue weighted by molar-refractivity contribution is 1.43. The first-order chi connectivity index (χ1) is 13.8. The first kappa shape index (κ1) is 16.2. The maximum Gasteiger partial charge on any atom is 0.0788 e. The highest BCUT2D eigenvalue weighted by Crippen LogP contribution is 2.43. The van der Waals surface area contributed by atoms with E-state index in [1.54, 1.807) is 0 Å². The molecule has 0 aliphatic heterocycles. The Labute approximate surface area is 174 Å². The van der Waals surface area contributed by atoms with Crippen LogP contribution in [0.5, 0.6) is 0 Å². The van der Waals surface area contributed by atoms with Crippen LogP contribution in [0, 0.1) is 0 Å². The Hall–Kier alpha value is -2.75. The lowest BCUT2D eigenvalue weighted by atomic mass is 9.98. The number of nitrogens with zero attached hydrogens (tertiary/aromatic N) is 1. The van der Waals surface area contributed by atoms with E-state index in [2.05, 4.69) is 94.8 Å². The van der Waals surface area contributed by atoms with Gasteiger partial charge in [-0.3, -0.25) is 0 Å². The number of halogens is 1. The molecular weight excluding hydrogens is 426 g/mol. The van der Waals surface area contributed by atoms with Gasteiger partial charge in [0.15, 0.2) is 0 Å². The monoisotopic (exact) mass is 439 g/mol. The van der Waals surface area contributed by atoms with Crippen LogP contribution in [0.25, 0.3) is 53.1 Å². The third-order valence-electron chi connectivity index (χ3n) is 5.31. The molecule has 28 heavy (non-hydrogen) atoms. The van der Waals surface area contributed by atoms with Crippen molar-refractivity contribution < 1.29 is 0 Å². The smallest absolute Gasteiger partial charge is 0.0788 e. The SMILES string of the molecule is Brc1ccc2c(c1)nc(-c1ccccc1)c1ccc3c4ccccc4sc3c12. The molecule has 0 bridgehead atoms. The second-order valence-corrected chi connectivity index (χ2v) is 8.92. The van der Waals surface area contributed by atoms with Crippen molar-refractivity contribution in [1.82, 2.24) is 4.98 Å². The van der Waals surface area contributed by atoms with E-state index >= 15 is 0 Å². The predicted octanol–water partition coefficient (Wildman–Crippen LogP) is 8.19. The van der Waals surface area contributed by atoms with E-state index < -0.39 is 0 Å². The molecule has 132 valence electrons. The summed E-state index contributed by atoms with van der Waals surface area (Å²) in [6, 6.07) is 30.1. The van der Waals surface area contributed by atoms with Crippen LogP contribution in [0.3, 0.4) is 0 Å². The Morgan fingerprint density at radius 3 is 2.32 bits per heavy atom. The van der Waals surface area contributed by atoms with Crippen molar-refractivity contribution in [2.75, 3.05) is 0 Å². The van der Waals surface area contributed by atoms with E-state index in [1.807, 2.05) is 17.4 Å². The number of rotatable bonds is 1. The first-order valence-electron chi connectivity index (χ1n) is 9.18. The Bertz CT molecular complexity index is 1520. The van der Waals surface area contributed by atoms with Gasteiger partial charge in [0.25, 0.3) is 0 Å². The minimum atomic E-state index is 1.02. The van der Waals surface area contributed by atoms with Gasteiger partial charge in [-0.05, 0) is 18.2 Å². The molecule has 0 N–H and O–H groups in total. The number of benzene rings is 4. The highest BCUT2D eigenvalue weighted by atomic mass is 79.9. The lowest BCUT2D eigenvalue weighted by Crippen LogP contribution is -1.90. The fraction of sp³-hybridized carbons (Fsp3) is 0. The van der Waals surface area contributed by atoms with Gasteiger partial charge in [0, 0.05) is 46.4 Å². The van der Waals surface area contributed by atoms with Gasteiger partial charge in [-0.2, -0.15) is 0 Å². The van der Waals surface area contributed by atoms with Crippen LogP contribution in [-0.2, 0) is 0 Å². The van der Waals surface area contributed by atoms with Gasteiger partial charge < -0.3 is 0 Å². The minimum absolute atomic E-state index is 1.02. The van der Waals surface area contributed by atoms with Crippen molar-refractivity contribution in [2.45, 2.75) is 0 Å². The van der Waals surface area contributed by atoms with E-state index in [-0.39, 0.29) is 0 Å². The predicted molar refractivity (Wildman–Crippen MR) is 125 cm³/mol. The molecular formula is C25H14BrNS. The van der Waals surface area contributed by atoms with Crippen LogP contribution in [0.4, 0.5) is 0 Å². The standard InChI is InChI=1S/C25H14BrNS/c26-16-10-11-19-21(14-16)27-24(15-6-2-1-3-7-15)20-13-12-18-17-8-4-5-9-22(17)28-25(18)23(19)20/h1-14H. The average molecular weight is 440 g/mol. The first-order valence-corrected chi connectivity index (χ1v) is 10.8. The molecule has 0 aliphatic rings. The maximum absolute atomic E-state index is 5.07. The quantitative estimate of drug-likeness (QED) is 0.235. The van der Waals surface area contributed by atoms with Crippen LogP contribution in [0.15, 0.2) is 89.4 Å². The molecule has 0 saturated carbocycles. The summed E-state index contributed by atoms with van der Waals surface area (Å²) in [5.41, 5.74) is 3.21. The highest BCUT2D eigenvalue weighted by Gasteiger charge is 2.15. The molecule has 0 atom stereocenters. The van der Waals surface area contributed by atoms with Gasteiger partial charge in [-0.25, -0.2) is 4.98 Å². The number of aromatic nitrogens is 1. The Kier molecular flexibility index (Phi) is 3.55. The molecule has 0 spiro atoms. The number of thiophene rings is 1. The van der Waals surface area contributed by atoms with Crippen LogP contribution >= 0.6 is 27.3 Å². The zero-order chi connectivity index (χ0) is 18.7. The summed E-state index contributed by atoms with van der Waals surface area (Å²) in [4.78, 5) is 5.07. The fourth-order valence-corrected chi connectivity index (χ4v) is 5.67. The highest BCUT2D eigenvalue weighted by molar-refractivity contribution is 9.10. The zero-order valence-corrected chi connectivity index (χ0v) is 17.2. The number of fused-ring (bicyclic) bond motifs is 7. The summed E-state index contributed by atoms with van der Waals surface area (Å²) in [6.07, 6.45) is 0. The van der Waals surface area contributed by atoms with Gasteiger partial charge in [0.2, 0.25) is 0 Å². The number of pyridine rings is 1. The molecule has 6 rings (SSSR count). The summed E-state index contributed by atoms with van der Waals surface area (Å²) in [5, 5.41) is 6.36. The molecule has 0 radical (unpaired) electrons. The van der Waals surface area contributed by atoms with Crippen molar-refractivity contribution in [3.63, 3.8) is 0 Å². The van der Waals surface area contributed by atoms with Gasteiger partial charge in [-0.15, -0.1) is 11.3 Å². The largest absolute Gasteiger partial charge is 0.247 e. The molecule has 0 unspecified atom stereocenters. The number of hydrogen-bond donors (Lipinski definition) is 0. The normalized spacial score (nSPS) is 11.8. The van der Waals surface area contributed by atoms with Gasteiger partial charge in [0.1, 0.15) is 0 Å². The second-order valence-electron chi connectivity index (χ2n) is 6.95. The molecule has 4 aromatic carbocycles. The molecule has 3 heteroatoms. The molecule has 0 saturated heterocycles. The van der Waals surface area contributed by atoms with Gasteiger partial charge in [0.05, 0.1) is 11.2 Å². The molecule has 6 aromatic rings. The second kappa shape index (κ2) is 6.13. The van der Waals surface area contributed by atoms with E-state index in [4.69, 9.17) is 4.98 Å². The van der Waals surface area contributed by atoms with Crippen molar-refractivity contribution in [3.05, 3.63) is 89.4 Å². The molecule has 0 fully saturated rings. The average Bonchev–Trinajstić information content (AvgIpc) is 3.12. The van der Waals surface area contributed by atoms with E-state index in [1.165, 1.54) is 36.3 Å². The molecule has 2 aromatic heterocycles. The topological polar surface area (TPSA) is 12.9 Å². The molecule has 0 aliphatic carbocycles. The maximum atomic E-state index is 5.07. The van der Waals surface area contributed by atoms with Crippen LogP contribution in [0.2, 0.25) is 0 Å².